The lowest BCUT2D eigenvalue weighted by atomic mass is 10.1. The van der Waals surface area contributed by atoms with E-state index in [0.29, 0.717) is 10.6 Å². The van der Waals surface area contributed by atoms with Crippen LogP contribution in [0.2, 0.25) is 5.02 Å². The predicted octanol–water partition coefficient (Wildman–Crippen LogP) is 3.23. The van der Waals surface area contributed by atoms with Gasteiger partial charge in [0.25, 0.3) is 5.56 Å². The number of pyridine rings is 1. The molecule has 2 aromatic rings. The number of aromatic amines is 1. The minimum atomic E-state index is -0.150. The van der Waals surface area contributed by atoms with Crippen molar-refractivity contribution in [3.63, 3.8) is 0 Å². The first-order valence-electron chi connectivity index (χ1n) is 4.50. The monoisotopic (exact) mass is 241 g/mol. The third-order valence-electron chi connectivity index (χ3n) is 2.44. The highest BCUT2D eigenvalue weighted by molar-refractivity contribution is 6.32. The Kier molecular flexibility index (Phi) is 2.72. The molecule has 1 aromatic heterocycles. The average molecular weight is 242 g/mol. The topological polar surface area (TPSA) is 32.9 Å². The maximum Gasteiger partial charge on any atom is 0.252 e. The normalized spacial score (nSPS) is 10.9. The second kappa shape index (κ2) is 3.87. The Hall–Kier alpha value is -0.990. The molecule has 0 atom stereocenters. The van der Waals surface area contributed by atoms with Crippen LogP contribution in [0, 0.1) is 6.92 Å². The number of benzene rings is 1. The number of hydrogen-bond acceptors (Lipinski definition) is 1. The summed E-state index contributed by atoms with van der Waals surface area (Å²) in [6.07, 6.45) is 0. The van der Waals surface area contributed by atoms with Crippen LogP contribution in [0.25, 0.3) is 10.9 Å². The van der Waals surface area contributed by atoms with Crippen LogP contribution in [-0.4, -0.2) is 4.98 Å². The van der Waals surface area contributed by atoms with Gasteiger partial charge in [-0.25, -0.2) is 0 Å². The van der Waals surface area contributed by atoms with Gasteiger partial charge in [0.2, 0.25) is 0 Å². The van der Waals surface area contributed by atoms with Crippen LogP contribution < -0.4 is 5.56 Å². The summed E-state index contributed by atoms with van der Waals surface area (Å²) in [4.78, 5) is 14.3. The number of aryl methyl sites for hydroxylation is 1. The summed E-state index contributed by atoms with van der Waals surface area (Å²) in [7, 11) is 0. The van der Waals surface area contributed by atoms with E-state index in [9.17, 15) is 4.79 Å². The zero-order valence-electron chi connectivity index (χ0n) is 8.10. The van der Waals surface area contributed by atoms with Crippen molar-refractivity contribution in [3.05, 3.63) is 44.7 Å². The second-order valence-corrected chi connectivity index (χ2v) is 4.07. The number of hydrogen-bond donors (Lipinski definition) is 1. The number of halogens is 2. The highest BCUT2D eigenvalue weighted by atomic mass is 35.5. The highest BCUT2D eigenvalue weighted by Crippen LogP contribution is 2.23. The molecule has 4 heteroatoms. The largest absolute Gasteiger partial charge is 0.321 e. The Morgan fingerprint density at radius 2 is 2.13 bits per heavy atom. The van der Waals surface area contributed by atoms with Gasteiger partial charge in [-0.2, -0.15) is 0 Å². The Morgan fingerprint density at radius 3 is 2.80 bits per heavy atom. The van der Waals surface area contributed by atoms with Crippen LogP contribution in [0.15, 0.2) is 23.0 Å². The van der Waals surface area contributed by atoms with Crippen molar-refractivity contribution in [1.82, 2.24) is 4.98 Å². The van der Waals surface area contributed by atoms with Crippen molar-refractivity contribution < 1.29 is 0 Å². The van der Waals surface area contributed by atoms with Crippen molar-refractivity contribution >= 4 is 34.1 Å². The molecule has 0 aliphatic heterocycles. The molecule has 0 spiro atoms. The van der Waals surface area contributed by atoms with Crippen molar-refractivity contribution in [2.24, 2.45) is 0 Å². The van der Waals surface area contributed by atoms with E-state index < -0.39 is 0 Å². The minimum Gasteiger partial charge on any atom is -0.321 e. The van der Waals surface area contributed by atoms with Crippen LogP contribution >= 0.6 is 23.2 Å². The molecule has 1 N–H and O–H groups in total. The number of alkyl halides is 1. The van der Waals surface area contributed by atoms with E-state index in [-0.39, 0.29) is 11.4 Å². The zero-order valence-corrected chi connectivity index (χ0v) is 9.62. The molecule has 0 aliphatic rings. The first-order chi connectivity index (χ1) is 7.13. The molecule has 0 saturated carbocycles. The smallest absolute Gasteiger partial charge is 0.252 e. The van der Waals surface area contributed by atoms with Crippen LogP contribution in [0.1, 0.15) is 11.1 Å². The van der Waals surface area contributed by atoms with Gasteiger partial charge in [0.05, 0.1) is 11.4 Å². The fourth-order valence-corrected chi connectivity index (χ4v) is 1.90. The third-order valence-corrected chi connectivity index (χ3v) is 3.13. The van der Waals surface area contributed by atoms with E-state index in [2.05, 4.69) is 4.98 Å². The summed E-state index contributed by atoms with van der Waals surface area (Å²) in [6.45, 7) is 1.88. The Balaban J connectivity index is 2.87. The summed E-state index contributed by atoms with van der Waals surface area (Å²) < 4.78 is 0. The first kappa shape index (κ1) is 10.5. The number of nitrogens with one attached hydrogen (secondary N) is 1. The van der Waals surface area contributed by atoms with Crippen LogP contribution in [0.4, 0.5) is 0 Å². The van der Waals surface area contributed by atoms with Gasteiger partial charge in [-0.05, 0) is 30.0 Å². The van der Waals surface area contributed by atoms with E-state index in [1.165, 1.54) is 0 Å². The molecule has 78 valence electrons. The van der Waals surface area contributed by atoms with Crippen molar-refractivity contribution in [2.45, 2.75) is 12.8 Å². The van der Waals surface area contributed by atoms with E-state index in [4.69, 9.17) is 23.2 Å². The van der Waals surface area contributed by atoms with Gasteiger partial charge >= 0.3 is 0 Å². The minimum absolute atomic E-state index is 0.150. The average Bonchev–Trinajstić information content (AvgIpc) is 2.24. The van der Waals surface area contributed by atoms with Gasteiger partial charge in [0.15, 0.2) is 0 Å². The summed E-state index contributed by atoms with van der Waals surface area (Å²) in [5.41, 5.74) is 2.09. The second-order valence-electron chi connectivity index (χ2n) is 3.39. The lowest BCUT2D eigenvalue weighted by molar-refractivity contribution is 1.20. The number of fused-ring (bicyclic) bond motifs is 1. The first-order valence-corrected chi connectivity index (χ1v) is 5.41. The van der Waals surface area contributed by atoms with Crippen molar-refractivity contribution in [2.75, 3.05) is 0 Å². The molecule has 0 radical (unpaired) electrons. The molecule has 0 unspecified atom stereocenters. The fourth-order valence-electron chi connectivity index (χ4n) is 1.54. The molecular weight excluding hydrogens is 233 g/mol. The molecule has 0 saturated heterocycles. The molecule has 1 heterocycles. The van der Waals surface area contributed by atoms with Crippen LogP contribution in [-0.2, 0) is 5.88 Å². The maximum absolute atomic E-state index is 11.5. The fraction of sp³-hybridized carbons (Fsp3) is 0.182. The molecule has 2 nitrogen and oxygen atoms in total. The lowest BCUT2D eigenvalue weighted by Crippen LogP contribution is -2.11. The van der Waals surface area contributed by atoms with Gasteiger partial charge in [-0.15, -0.1) is 11.6 Å². The predicted molar refractivity (Wildman–Crippen MR) is 63.9 cm³/mol. The molecule has 0 fully saturated rings. The van der Waals surface area contributed by atoms with Gasteiger partial charge < -0.3 is 4.98 Å². The van der Waals surface area contributed by atoms with Gasteiger partial charge in [0.1, 0.15) is 0 Å². The molecule has 0 aliphatic carbocycles. The molecule has 15 heavy (non-hydrogen) atoms. The SMILES string of the molecule is Cc1c(Cl)ccc2cc(CCl)c(=O)[nH]c12. The molecule has 1 aromatic carbocycles. The van der Waals surface area contributed by atoms with E-state index in [0.717, 1.165) is 16.5 Å². The highest BCUT2D eigenvalue weighted by Gasteiger charge is 2.05. The summed E-state index contributed by atoms with van der Waals surface area (Å²) in [5, 5.41) is 1.60. The van der Waals surface area contributed by atoms with Gasteiger partial charge in [-0.3, -0.25) is 4.79 Å². The lowest BCUT2D eigenvalue weighted by Gasteiger charge is -2.05. The summed E-state index contributed by atoms with van der Waals surface area (Å²) in [5.74, 6) is 0.215. The van der Waals surface area contributed by atoms with Crippen LogP contribution in [0.3, 0.4) is 0 Å². The number of rotatable bonds is 1. The zero-order chi connectivity index (χ0) is 11.0. The standard InChI is InChI=1S/C11H9Cl2NO/c1-6-9(13)3-2-7-4-8(5-12)11(15)14-10(6)7/h2-4H,5H2,1H3,(H,14,15). The number of H-pyrrole nitrogens is 1. The summed E-state index contributed by atoms with van der Waals surface area (Å²) >= 11 is 11.6. The quantitative estimate of drug-likeness (QED) is 0.765. The van der Waals surface area contributed by atoms with E-state index in [1.807, 2.05) is 19.1 Å². The van der Waals surface area contributed by atoms with Crippen molar-refractivity contribution in [1.29, 1.82) is 0 Å². The third kappa shape index (κ3) is 1.75. The molecular formula is C11H9Cl2NO. The van der Waals surface area contributed by atoms with Gasteiger partial charge in [-0.1, -0.05) is 17.7 Å². The Morgan fingerprint density at radius 1 is 1.40 bits per heavy atom. The van der Waals surface area contributed by atoms with Crippen molar-refractivity contribution in [3.8, 4) is 0 Å². The van der Waals surface area contributed by atoms with E-state index in [1.54, 1.807) is 6.07 Å². The van der Waals surface area contributed by atoms with Crippen LogP contribution in [0.5, 0.6) is 0 Å². The Labute approximate surface area is 96.8 Å². The van der Waals surface area contributed by atoms with Gasteiger partial charge in [0, 0.05) is 10.6 Å². The van der Waals surface area contributed by atoms with E-state index >= 15 is 0 Å². The Bertz CT molecular complexity index is 575. The molecule has 0 bridgehead atoms. The number of aromatic nitrogens is 1. The summed E-state index contributed by atoms with van der Waals surface area (Å²) in [6, 6.07) is 5.48. The molecule has 0 amide bonds. The molecule has 2 rings (SSSR count). The maximum atomic E-state index is 11.5.